The van der Waals surface area contributed by atoms with Crippen molar-refractivity contribution in [2.24, 2.45) is 0 Å². The molecule has 134 valence electrons. The number of hydrogen-bond acceptors (Lipinski definition) is 4. The molecule has 5 nitrogen and oxygen atoms in total. The lowest BCUT2D eigenvalue weighted by Crippen LogP contribution is -2.27. The van der Waals surface area contributed by atoms with Crippen LogP contribution in [0.4, 0.5) is 5.69 Å². The van der Waals surface area contributed by atoms with Crippen molar-refractivity contribution in [1.82, 2.24) is 5.32 Å². The van der Waals surface area contributed by atoms with Gasteiger partial charge in [-0.2, -0.15) is 0 Å². The Balaban J connectivity index is 1.82. The van der Waals surface area contributed by atoms with Crippen LogP contribution in [-0.2, 0) is 17.6 Å². The Morgan fingerprint density at radius 2 is 1.60 bits per heavy atom. The summed E-state index contributed by atoms with van der Waals surface area (Å²) in [4.78, 5) is 14.1. The molecule has 1 N–H and O–H groups in total. The number of rotatable bonds is 8. The highest BCUT2D eigenvalue weighted by molar-refractivity contribution is 5.78. The number of carbonyl (C=O) groups is 1. The van der Waals surface area contributed by atoms with Crippen molar-refractivity contribution < 1.29 is 14.3 Å². The molecule has 0 saturated carbocycles. The molecule has 0 aliphatic heterocycles. The highest BCUT2D eigenvalue weighted by atomic mass is 16.5. The molecule has 25 heavy (non-hydrogen) atoms. The summed E-state index contributed by atoms with van der Waals surface area (Å²) in [6.07, 6.45) is 1.13. The normalized spacial score (nSPS) is 10.2. The molecule has 0 heterocycles. The van der Waals surface area contributed by atoms with Gasteiger partial charge in [0.1, 0.15) is 0 Å². The zero-order valence-corrected chi connectivity index (χ0v) is 15.3. The monoisotopic (exact) mass is 342 g/mol. The van der Waals surface area contributed by atoms with Gasteiger partial charge in [0, 0.05) is 26.3 Å². The molecule has 0 unspecified atom stereocenters. The van der Waals surface area contributed by atoms with E-state index in [1.807, 2.05) is 61.5 Å². The summed E-state index contributed by atoms with van der Waals surface area (Å²) < 4.78 is 10.5. The van der Waals surface area contributed by atoms with Crippen molar-refractivity contribution in [2.45, 2.75) is 12.8 Å². The van der Waals surface area contributed by atoms with Gasteiger partial charge >= 0.3 is 0 Å². The predicted octanol–water partition coefficient (Wildman–Crippen LogP) is 2.67. The van der Waals surface area contributed by atoms with Gasteiger partial charge in [-0.15, -0.1) is 0 Å². The van der Waals surface area contributed by atoms with Crippen molar-refractivity contribution in [1.29, 1.82) is 0 Å². The fourth-order valence-corrected chi connectivity index (χ4v) is 2.54. The second-order valence-corrected chi connectivity index (χ2v) is 6.03. The van der Waals surface area contributed by atoms with E-state index in [2.05, 4.69) is 5.32 Å². The molecule has 0 aliphatic carbocycles. The van der Waals surface area contributed by atoms with Crippen LogP contribution in [0.3, 0.4) is 0 Å². The number of nitrogens with zero attached hydrogens (tertiary/aromatic N) is 1. The van der Waals surface area contributed by atoms with Crippen LogP contribution in [0.2, 0.25) is 0 Å². The molecular formula is C20H26N2O3. The van der Waals surface area contributed by atoms with Crippen molar-refractivity contribution in [3.8, 4) is 11.5 Å². The van der Waals surface area contributed by atoms with E-state index in [1.54, 1.807) is 14.2 Å². The number of methoxy groups -OCH3 is 2. The van der Waals surface area contributed by atoms with Gasteiger partial charge in [0.15, 0.2) is 11.5 Å². The van der Waals surface area contributed by atoms with Gasteiger partial charge in [-0.1, -0.05) is 18.2 Å². The molecule has 0 fully saturated rings. The predicted molar refractivity (Wildman–Crippen MR) is 101 cm³/mol. The highest BCUT2D eigenvalue weighted by Gasteiger charge is 2.06. The average Bonchev–Trinajstić information content (AvgIpc) is 2.62. The van der Waals surface area contributed by atoms with Crippen molar-refractivity contribution in [2.75, 3.05) is 39.8 Å². The third-order valence-corrected chi connectivity index (χ3v) is 4.00. The Morgan fingerprint density at radius 1 is 0.960 bits per heavy atom. The van der Waals surface area contributed by atoms with Crippen LogP contribution in [0, 0.1) is 0 Å². The first-order valence-corrected chi connectivity index (χ1v) is 8.27. The summed E-state index contributed by atoms with van der Waals surface area (Å²) in [5.41, 5.74) is 3.22. The van der Waals surface area contributed by atoms with Crippen molar-refractivity contribution in [3.63, 3.8) is 0 Å². The fraction of sp³-hybridized carbons (Fsp3) is 0.350. The lowest BCUT2D eigenvalue weighted by Gasteiger charge is -2.13. The van der Waals surface area contributed by atoms with Crippen LogP contribution in [-0.4, -0.2) is 40.8 Å². The zero-order chi connectivity index (χ0) is 18.2. The number of hydrogen-bond donors (Lipinski definition) is 1. The molecule has 0 radical (unpaired) electrons. The second-order valence-electron chi connectivity index (χ2n) is 6.03. The molecule has 2 aromatic rings. The number of carbonyl (C=O) groups excluding carboxylic acids is 1. The molecule has 0 spiro atoms. The number of amides is 1. The van der Waals surface area contributed by atoms with Crippen LogP contribution in [0.15, 0.2) is 42.5 Å². The van der Waals surface area contributed by atoms with Crippen LogP contribution in [0.25, 0.3) is 0 Å². The minimum Gasteiger partial charge on any atom is -0.493 e. The van der Waals surface area contributed by atoms with Gasteiger partial charge in [0.25, 0.3) is 0 Å². The molecule has 0 atom stereocenters. The highest BCUT2D eigenvalue weighted by Crippen LogP contribution is 2.27. The smallest absolute Gasteiger partial charge is 0.224 e. The summed E-state index contributed by atoms with van der Waals surface area (Å²) >= 11 is 0. The molecule has 0 aromatic heterocycles. The molecule has 0 bridgehead atoms. The van der Waals surface area contributed by atoms with E-state index in [0.29, 0.717) is 24.5 Å². The first kappa shape index (κ1) is 18.6. The summed E-state index contributed by atoms with van der Waals surface area (Å²) in [7, 11) is 7.22. The Morgan fingerprint density at radius 3 is 2.20 bits per heavy atom. The molecule has 2 aromatic carbocycles. The van der Waals surface area contributed by atoms with Gasteiger partial charge in [0.2, 0.25) is 5.91 Å². The summed E-state index contributed by atoms with van der Waals surface area (Å²) in [5, 5.41) is 2.96. The van der Waals surface area contributed by atoms with E-state index in [0.717, 1.165) is 23.2 Å². The third-order valence-electron chi connectivity index (χ3n) is 4.00. The van der Waals surface area contributed by atoms with Crippen molar-refractivity contribution >= 4 is 11.6 Å². The molecular weight excluding hydrogens is 316 g/mol. The molecule has 5 heteroatoms. The van der Waals surface area contributed by atoms with Crippen LogP contribution in [0.1, 0.15) is 11.1 Å². The van der Waals surface area contributed by atoms with Crippen LogP contribution >= 0.6 is 0 Å². The quantitative estimate of drug-likeness (QED) is 0.801. The molecule has 1 amide bonds. The summed E-state index contributed by atoms with van der Waals surface area (Å²) in [6, 6.07) is 13.8. The van der Waals surface area contributed by atoms with Crippen LogP contribution in [0.5, 0.6) is 11.5 Å². The van der Waals surface area contributed by atoms with Gasteiger partial charge in [-0.25, -0.2) is 0 Å². The number of anilines is 1. The average molecular weight is 342 g/mol. The zero-order valence-electron chi connectivity index (χ0n) is 15.3. The maximum Gasteiger partial charge on any atom is 0.224 e. The Kier molecular flexibility index (Phi) is 6.69. The Bertz CT molecular complexity index is 697. The minimum atomic E-state index is 0.0260. The lowest BCUT2D eigenvalue weighted by atomic mass is 10.1. The lowest BCUT2D eigenvalue weighted by molar-refractivity contribution is -0.120. The first-order valence-electron chi connectivity index (χ1n) is 8.27. The topological polar surface area (TPSA) is 50.8 Å². The SMILES string of the molecule is COc1ccc(CCNC(=O)Cc2ccc(N(C)C)cc2)cc1OC. The number of nitrogens with one attached hydrogen (secondary N) is 1. The van der Waals surface area contributed by atoms with E-state index >= 15 is 0 Å². The second kappa shape index (κ2) is 8.97. The van der Waals surface area contributed by atoms with E-state index in [4.69, 9.17) is 9.47 Å². The standard InChI is InChI=1S/C20H26N2O3/c1-22(2)17-8-5-15(6-9-17)14-20(23)21-12-11-16-7-10-18(24-3)19(13-16)25-4/h5-10,13H,11-12,14H2,1-4H3,(H,21,23). The van der Waals surface area contributed by atoms with E-state index < -0.39 is 0 Å². The number of ether oxygens (including phenoxy) is 2. The summed E-state index contributed by atoms with van der Waals surface area (Å²) in [6.45, 7) is 0.587. The Labute approximate surface area is 149 Å². The maximum absolute atomic E-state index is 12.1. The molecule has 2 rings (SSSR count). The van der Waals surface area contributed by atoms with Crippen molar-refractivity contribution in [3.05, 3.63) is 53.6 Å². The Hall–Kier alpha value is -2.69. The minimum absolute atomic E-state index is 0.0260. The van der Waals surface area contributed by atoms with Gasteiger partial charge in [0.05, 0.1) is 20.6 Å². The molecule has 0 aliphatic rings. The van der Waals surface area contributed by atoms with E-state index in [9.17, 15) is 4.79 Å². The maximum atomic E-state index is 12.1. The molecule has 0 saturated heterocycles. The summed E-state index contributed by atoms with van der Waals surface area (Å²) in [5.74, 6) is 1.43. The third kappa shape index (κ3) is 5.41. The van der Waals surface area contributed by atoms with Gasteiger partial charge in [-0.05, 0) is 41.8 Å². The first-order chi connectivity index (χ1) is 12.0. The van der Waals surface area contributed by atoms with Crippen LogP contribution < -0.4 is 19.7 Å². The fourth-order valence-electron chi connectivity index (χ4n) is 2.54. The van der Waals surface area contributed by atoms with Gasteiger partial charge < -0.3 is 19.7 Å². The number of benzene rings is 2. The van der Waals surface area contributed by atoms with E-state index in [-0.39, 0.29) is 5.91 Å². The van der Waals surface area contributed by atoms with E-state index in [1.165, 1.54) is 0 Å². The largest absolute Gasteiger partial charge is 0.493 e. The van der Waals surface area contributed by atoms with Gasteiger partial charge in [-0.3, -0.25) is 4.79 Å².